The molecule has 0 aromatic carbocycles. The first kappa shape index (κ1) is 10.9. The van der Waals surface area contributed by atoms with Crippen LogP contribution in [0.1, 0.15) is 13.3 Å². The van der Waals surface area contributed by atoms with E-state index < -0.39 is 17.9 Å². The number of aliphatic carboxylic acids is 1. The lowest BCUT2D eigenvalue weighted by molar-refractivity contribution is -0.142. The number of carbonyl (C=O) groups excluding carboxylic acids is 1. The summed E-state index contributed by atoms with van der Waals surface area (Å²) < 4.78 is 4.52. The minimum atomic E-state index is -1.03. The van der Waals surface area contributed by atoms with Crippen molar-refractivity contribution in [1.82, 2.24) is 5.32 Å². The van der Waals surface area contributed by atoms with Gasteiger partial charge in [-0.25, -0.2) is 4.79 Å². The number of methoxy groups -OCH3 is 1. The number of hydrogen-bond donors (Lipinski definition) is 2. The molecule has 0 aliphatic carbocycles. The molecule has 0 unspecified atom stereocenters. The van der Waals surface area contributed by atoms with Gasteiger partial charge in [0.2, 0.25) is 5.91 Å². The van der Waals surface area contributed by atoms with Gasteiger partial charge in [0.15, 0.2) is 0 Å². The fourth-order valence-corrected chi connectivity index (χ4v) is 0.706. The van der Waals surface area contributed by atoms with Crippen LogP contribution in [0.3, 0.4) is 0 Å². The minimum absolute atomic E-state index is 0.107. The van der Waals surface area contributed by atoms with Gasteiger partial charge in [-0.1, -0.05) is 6.92 Å². The van der Waals surface area contributed by atoms with Gasteiger partial charge in [-0.05, 0) is 6.42 Å². The zero-order valence-electron chi connectivity index (χ0n) is 7.16. The van der Waals surface area contributed by atoms with Crippen molar-refractivity contribution >= 4 is 11.9 Å². The lowest BCUT2D eigenvalue weighted by Gasteiger charge is -2.11. The van der Waals surface area contributed by atoms with Gasteiger partial charge >= 0.3 is 5.97 Å². The molecule has 0 spiro atoms. The Bertz CT molecular complexity index is 169. The maximum atomic E-state index is 10.8. The van der Waals surface area contributed by atoms with E-state index in [9.17, 15) is 9.59 Å². The topological polar surface area (TPSA) is 75.6 Å². The number of rotatable bonds is 5. The molecule has 0 saturated heterocycles. The first-order valence-corrected chi connectivity index (χ1v) is 3.63. The van der Waals surface area contributed by atoms with Crippen molar-refractivity contribution < 1.29 is 19.4 Å². The van der Waals surface area contributed by atoms with Crippen LogP contribution in [0.4, 0.5) is 0 Å². The normalized spacial score (nSPS) is 12.2. The Morgan fingerprint density at radius 3 is 2.50 bits per heavy atom. The average molecular weight is 175 g/mol. The largest absolute Gasteiger partial charge is 0.480 e. The standard InChI is InChI=1S/C7H13NO4/c1-3-5(7(10)11)8-6(9)4-12-2/h5H,3-4H2,1-2H3,(H,8,9)(H,10,11)/t5-/m0/s1. The van der Waals surface area contributed by atoms with Crippen LogP contribution in [0.2, 0.25) is 0 Å². The number of hydrogen-bond acceptors (Lipinski definition) is 3. The third-order valence-electron chi connectivity index (χ3n) is 1.32. The van der Waals surface area contributed by atoms with Crippen molar-refractivity contribution in [1.29, 1.82) is 0 Å². The van der Waals surface area contributed by atoms with Crippen LogP contribution in [0, 0.1) is 0 Å². The van der Waals surface area contributed by atoms with E-state index in [2.05, 4.69) is 10.1 Å². The summed E-state index contributed by atoms with van der Waals surface area (Å²) >= 11 is 0. The van der Waals surface area contributed by atoms with Gasteiger partial charge in [-0.2, -0.15) is 0 Å². The molecule has 0 fully saturated rings. The summed E-state index contributed by atoms with van der Waals surface area (Å²) in [5.74, 6) is -1.44. The molecule has 0 heterocycles. The summed E-state index contributed by atoms with van der Waals surface area (Å²) in [4.78, 5) is 21.2. The summed E-state index contributed by atoms with van der Waals surface area (Å²) in [5, 5.41) is 10.8. The van der Waals surface area contributed by atoms with Crippen molar-refractivity contribution in [3.63, 3.8) is 0 Å². The number of nitrogens with one attached hydrogen (secondary N) is 1. The van der Waals surface area contributed by atoms with E-state index >= 15 is 0 Å². The van der Waals surface area contributed by atoms with E-state index in [1.165, 1.54) is 7.11 Å². The van der Waals surface area contributed by atoms with Crippen molar-refractivity contribution in [3.05, 3.63) is 0 Å². The second-order valence-electron chi connectivity index (χ2n) is 2.30. The van der Waals surface area contributed by atoms with Gasteiger partial charge in [-0.3, -0.25) is 4.79 Å². The van der Waals surface area contributed by atoms with Gasteiger partial charge in [0.1, 0.15) is 12.6 Å². The van der Waals surface area contributed by atoms with Crippen LogP contribution in [-0.4, -0.2) is 36.7 Å². The molecule has 5 heteroatoms. The molecule has 1 amide bonds. The predicted octanol–water partition coefficient (Wildman–Crippen LogP) is -0.388. The van der Waals surface area contributed by atoms with Crippen LogP contribution in [0.25, 0.3) is 0 Å². The number of carboxylic acids is 1. The molecule has 5 nitrogen and oxygen atoms in total. The molecule has 0 aliphatic heterocycles. The lowest BCUT2D eigenvalue weighted by Crippen LogP contribution is -2.41. The Morgan fingerprint density at radius 2 is 2.17 bits per heavy atom. The fourth-order valence-electron chi connectivity index (χ4n) is 0.706. The molecule has 0 bridgehead atoms. The molecule has 2 N–H and O–H groups in total. The van der Waals surface area contributed by atoms with E-state index in [1.807, 2.05) is 0 Å². The maximum Gasteiger partial charge on any atom is 0.326 e. The van der Waals surface area contributed by atoms with Gasteiger partial charge < -0.3 is 15.2 Å². The van der Waals surface area contributed by atoms with E-state index in [1.54, 1.807) is 6.92 Å². The van der Waals surface area contributed by atoms with Gasteiger partial charge in [-0.15, -0.1) is 0 Å². The highest BCUT2D eigenvalue weighted by Crippen LogP contribution is 1.90. The van der Waals surface area contributed by atoms with Gasteiger partial charge in [0.05, 0.1) is 0 Å². The maximum absolute atomic E-state index is 10.8. The van der Waals surface area contributed by atoms with Crippen LogP contribution in [0.15, 0.2) is 0 Å². The molecule has 0 aromatic rings. The lowest BCUT2D eigenvalue weighted by atomic mass is 10.2. The molecule has 70 valence electrons. The van der Waals surface area contributed by atoms with Crippen LogP contribution < -0.4 is 5.32 Å². The average Bonchev–Trinajstić information content (AvgIpc) is 2.00. The monoisotopic (exact) mass is 175 g/mol. The third kappa shape index (κ3) is 3.92. The highest BCUT2D eigenvalue weighted by atomic mass is 16.5. The number of carbonyl (C=O) groups is 2. The fraction of sp³-hybridized carbons (Fsp3) is 0.714. The molecule has 1 atom stereocenters. The van der Waals surface area contributed by atoms with Crippen LogP contribution >= 0.6 is 0 Å². The predicted molar refractivity (Wildman–Crippen MR) is 41.7 cm³/mol. The molecular formula is C7H13NO4. The Labute approximate surface area is 70.7 Å². The Kier molecular flexibility index (Phi) is 5.03. The Balaban J connectivity index is 3.85. The number of amides is 1. The quantitative estimate of drug-likeness (QED) is 0.596. The first-order chi connectivity index (χ1) is 5.61. The van der Waals surface area contributed by atoms with E-state index in [0.29, 0.717) is 6.42 Å². The zero-order chi connectivity index (χ0) is 9.56. The number of ether oxygens (including phenoxy) is 1. The second kappa shape index (κ2) is 5.54. The zero-order valence-corrected chi connectivity index (χ0v) is 7.16. The summed E-state index contributed by atoms with van der Waals surface area (Å²) in [6, 6.07) is -0.812. The third-order valence-corrected chi connectivity index (χ3v) is 1.32. The number of carboxylic acid groups (broad SMARTS) is 1. The summed E-state index contributed by atoms with van der Waals surface area (Å²) in [7, 11) is 1.38. The summed E-state index contributed by atoms with van der Waals surface area (Å²) in [6.07, 6.45) is 0.366. The van der Waals surface area contributed by atoms with E-state index in [4.69, 9.17) is 5.11 Å². The Morgan fingerprint density at radius 1 is 1.58 bits per heavy atom. The molecule has 0 aliphatic rings. The second-order valence-corrected chi connectivity index (χ2v) is 2.30. The van der Waals surface area contributed by atoms with Crippen molar-refractivity contribution in [2.24, 2.45) is 0 Å². The minimum Gasteiger partial charge on any atom is -0.480 e. The molecule has 12 heavy (non-hydrogen) atoms. The van der Waals surface area contributed by atoms with Crippen molar-refractivity contribution in [2.45, 2.75) is 19.4 Å². The Hall–Kier alpha value is -1.10. The van der Waals surface area contributed by atoms with E-state index in [0.717, 1.165) is 0 Å². The summed E-state index contributed by atoms with van der Waals surface area (Å²) in [6.45, 7) is 1.58. The highest BCUT2D eigenvalue weighted by Gasteiger charge is 2.16. The van der Waals surface area contributed by atoms with Crippen molar-refractivity contribution in [2.75, 3.05) is 13.7 Å². The molecule has 0 saturated carbocycles. The highest BCUT2D eigenvalue weighted by molar-refractivity contribution is 5.84. The first-order valence-electron chi connectivity index (χ1n) is 3.63. The SMILES string of the molecule is CC[C@H](NC(=O)COC)C(=O)O. The van der Waals surface area contributed by atoms with Crippen LogP contribution in [0.5, 0.6) is 0 Å². The molecule has 0 radical (unpaired) electrons. The van der Waals surface area contributed by atoms with Gasteiger partial charge in [0.25, 0.3) is 0 Å². The molecule has 0 aromatic heterocycles. The van der Waals surface area contributed by atoms with Crippen LogP contribution in [-0.2, 0) is 14.3 Å². The van der Waals surface area contributed by atoms with Gasteiger partial charge in [0, 0.05) is 7.11 Å². The summed E-state index contributed by atoms with van der Waals surface area (Å²) in [5.41, 5.74) is 0. The van der Waals surface area contributed by atoms with E-state index in [-0.39, 0.29) is 6.61 Å². The molecular weight excluding hydrogens is 162 g/mol. The molecule has 0 rings (SSSR count). The smallest absolute Gasteiger partial charge is 0.326 e. The van der Waals surface area contributed by atoms with Crippen molar-refractivity contribution in [3.8, 4) is 0 Å².